The van der Waals surface area contributed by atoms with Crippen LogP contribution in [0.5, 0.6) is 5.75 Å². The maximum Gasteiger partial charge on any atom is 0.387 e. The predicted molar refractivity (Wildman–Crippen MR) is 123 cm³/mol. The van der Waals surface area contributed by atoms with Crippen LogP contribution in [0.1, 0.15) is 30.6 Å². The Balaban J connectivity index is 1.91. The summed E-state index contributed by atoms with van der Waals surface area (Å²) in [7, 11) is 3.43. The van der Waals surface area contributed by atoms with Gasteiger partial charge in [0.25, 0.3) is 5.56 Å². The van der Waals surface area contributed by atoms with E-state index in [9.17, 15) is 18.4 Å². The molecule has 0 radical (unpaired) electrons. The van der Waals surface area contributed by atoms with E-state index in [1.165, 1.54) is 15.2 Å². The lowest BCUT2D eigenvalue weighted by Crippen LogP contribution is -2.41. The van der Waals surface area contributed by atoms with Crippen LogP contribution < -0.4 is 25.8 Å². The Bertz CT molecular complexity index is 1260. The first-order valence-electron chi connectivity index (χ1n) is 10.8. The Morgan fingerprint density at radius 1 is 1.03 bits per heavy atom. The quantitative estimate of drug-likeness (QED) is 0.543. The highest BCUT2D eigenvalue weighted by Crippen LogP contribution is 2.43. The zero-order valence-electron chi connectivity index (χ0n) is 18.7. The number of ether oxygens (including phenoxy) is 1. The van der Waals surface area contributed by atoms with Gasteiger partial charge in [-0.05, 0) is 29.7 Å². The Hall–Kier alpha value is -3.62. The normalized spacial score (nSPS) is 15.3. The maximum atomic E-state index is 13.5. The van der Waals surface area contributed by atoms with E-state index in [-0.39, 0.29) is 17.0 Å². The fourth-order valence-electron chi connectivity index (χ4n) is 4.46. The largest absolute Gasteiger partial charge is 0.435 e. The van der Waals surface area contributed by atoms with Crippen molar-refractivity contribution in [3.8, 4) is 5.75 Å². The standard InChI is InChI=1S/C24H26F2N4O3/c1-4-13-29-22(31)19-21(28(3)24(29)32)27(2)20(30(19)15-16-9-6-5-7-10-16)17-11-8-12-18(14-17)33-23(25)26/h5-12,14,20,23H,4,13,15H2,1-3H3. The Morgan fingerprint density at radius 2 is 1.76 bits per heavy atom. The van der Waals surface area contributed by atoms with Crippen LogP contribution in [0.3, 0.4) is 0 Å². The number of anilines is 2. The molecule has 0 fully saturated rings. The van der Waals surface area contributed by atoms with Gasteiger partial charge in [-0.3, -0.25) is 13.9 Å². The smallest absolute Gasteiger partial charge is 0.387 e. The average Bonchev–Trinajstić information content (AvgIpc) is 3.07. The predicted octanol–water partition coefficient (Wildman–Crippen LogP) is 3.71. The van der Waals surface area contributed by atoms with Crippen molar-refractivity contribution in [3.05, 3.63) is 86.6 Å². The molecule has 1 atom stereocenters. The van der Waals surface area contributed by atoms with Crippen LogP contribution >= 0.6 is 0 Å². The van der Waals surface area contributed by atoms with Crippen molar-refractivity contribution >= 4 is 11.5 Å². The maximum absolute atomic E-state index is 13.5. The van der Waals surface area contributed by atoms with Gasteiger partial charge in [-0.15, -0.1) is 0 Å². The molecule has 33 heavy (non-hydrogen) atoms. The highest BCUT2D eigenvalue weighted by molar-refractivity contribution is 5.74. The summed E-state index contributed by atoms with van der Waals surface area (Å²) in [5, 5.41) is 0. The van der Waals surface area contributed by atoms with Gasteiger partial charge in [0.15, 0.2) is 0 Å². The number of nitrogens with zero attached hydrogens (tertiary/aromatic N) is 4. The molecule has 0 spiro atoms. The molecule has 0 aliphatic carbocycles. The van der Waals surface area contributed by atoms with Crippen LogP contribution in [0, 0.1) is 0 Å². The first kappa shape index (κ1) is 22.6. The molecule has 4 rings (SSSR count). The highest BCUT2D eigenvalue weighted by atomic mass is 19.3. The summed E-state index contributed by atoms with van der Waals surface area (Å²) in [5.74, 6) is 0.516. The molecule has 1 aliphatic rings. The third-order valence-corrected chi connectivity index (χ3v) is 5.80. The second-order valence-electron chi connectivity index (χ2n) is 8.02. The number of hydrogen-bond acceptors (Lipinski definition) is 5. The number of fused-ring (bicyclic) bond motifs is 1. The third kappa shape index (κ3) is 4.10. The van der Waals surface area contributed by atoms with Gasteiger partial charge in [0.1, 0.15) is 23.4 Å². The summed E-state index contributed by atoms with van der Waals surface area (Å²) in [6, 6.07) is 16.1. The fourth-order valence-corrected chi connectivity index (χ4v) is 4.46. The van der Waals surface area contributed by atoms with Crippen molar-refractivity contribution < 1.29 is 13.5 Å². The lowest BCUT2D eigenvalue weighted by atomic mass is 10.1. The summed E-state index contributed by atoms with van der Waals surface area (Å²) in [6.07, 6.45) is 0.135. The van der Waals surface area contributed by atoms with Gasteiger partial charge in [0.05, 0.1) is 0 Å². The molecule has 1 unspecified atom stereocenters. The van der Waals surface area contributed by atoms with E-state index >= 15 is 0 Å². The number of rotatable bonds is 7. The van der Waals surface area contributed by atoms with Crippen molar-refractivity contribution in [3.63, 3.8) is 0 Å². The molecule has 1 aliphatic heterocycles. The highest BCUT2D eigenvalue weighted by Gasteiger charge is 2.40. The second-order valence-corrected chi connectivity index (χ2v) is 8.02. The average molecular weight is 456 g/mol. The van der Waals surface area contributed by atoms with Gasteiger partial charge in [-0.1, -0.05) is 49.4 Å². The molecule has 9 heteroatoms. The summed E-state index contributed by atoms with van der Waals surface area (Å²) in [5.41, 5.74) is 1.29. The molecule has 0 amide bonds. The molecule has 3 aromatic rings. The van der Waals surface area contributed by atoms with E-state index in [1.807, 2.05) is 47.1 Å². The van der Waals surface area contributed by atoms with E-state index in [2.05, 4.69) is 4.74 Å². The zero-order chi connectivity index (χ0) is 23.7. The molecule has 174 valence electrons. The van der Waals surface area contributed by atoms with E-state index in [1.54, 1.807) is 32.3 Å². The number of alkyl halides is 2. The van der Waals surface area contributed by atoms with Gasteiger partial charge in [-0.25, -0.2) is 4.79 Å². The van der Waals surface area contributed by atoms with Gasteiger partial charge >= 0.3 is 12.3 Å². The lowest BCUT2D eigenvalue weighted by molar-refractivity contribution is -0.0498. The van der Waals surface area contributed by atoms with Crippen LogP contribution in [0.15, 0.2) is 64.2 Å². The second kappa shape index (κ2) is 9.09. The third-order valence-electron chi connectivity index (χ3n) is 5.80. The number of hydrogen-bond donors (Lipinski definition) is 0. The summed E-state index contributed by atoms with van der Waals surface area (Å²) >= 11 is 0. The van der Waals surface area contributed by atoms with Gasteiger partial charge in [0.2, 0.25) is 0 Å². The van der Waals surface area contributed by atoms with Crippen LogP contribution in [-0.2, 0) is 20.1 Å². The van der Waals surface area contributed by atoms with Crippen molar-refractivity contribution in [2.75, 3.05) is 16.8 Å². The van der Waals surface area contributed by atoms with Crippen molar-refractivity contribution in [2.45, 2.75) is 39.2 Å². The molecular formula is C24H26F2N4O3. The minimum Gasteiger partial charge on any atom is -0.435 e. The van der Waals surface area contributed by atoms with Gasteiger partial charge in [-0.2, -0.15) is 8.78 Å². The van der Waals surface area contributed by atoms with Gasteiger partial charge < -0.3 is 14.5 Å². The minimum absolute atomic E-state index is 0.0313. The number of benzene rings is 2. The topological polar surface area (TPSA) is 59.7 Å². The number of halogens is 2. The Morgan fingerprint density at radius 3 is 2.42 bits per heavy atom. The summed E-state index contributed by atoms with van der Waals surface area (Å²) < 4.78 is 33.0. The van der Waals surface area contributed by atoms with Crippen molar-refractivity contribution in [1.82, 2.24) is 9.13 Å². The Kier molecular flexibility index (Phi) is 6.22. The molecule has 1 aromatic heterocycles. The van der Waals surface area contributed by atoms with Crippen LogP contribution in [-0.4, -0.2) is 22.8 Å². The molecule has 0 bridgehead atoms. The van der Waals surface area contributed by atoms with Gasteiger partial charge in [0, 0.05) is 27.2 Å². The van der Waals surface area contributed by atoms with Crippen molar-refractivity contribution in [2.24, 2.45) is 7.05 Å². The molecule has 2 aromatic carbocycles. The summed E-state index contributed by atoms with van der Waals surface area (Å²) in [4.78, 5) is 30.2. The monoisotopic (exact) mass is 456 g/mol. The molecule has 0 N–H and O–H groups in total. The van der Waals surface area contributed by atoms with Crippen molar-refractivity contribution in [1.29, 1.82) is 0 Å². The minimum atomic E-state index is -2.94. The summed E-state index contributed by atoms with van der Waals surface area (Å²) in [6.45, 7) is -0.335. The molecule has 0 saturated heterocycles. The van der Waals surface area contributed by atoms with Crippen LogP contribution in [0.25, 0.3) is 0 Å². The van der Waals surface area contributed by atoms with Crippen LogP contribution in [0.4, 0.5) is 20.3 Å². The van der Waals surface area contributed by atoms with E-state index in [4.69, 9.17) is 0 Å². The van der Waals surface area contributed by atoms with E-state index in [0.29, 0.717) is 36.6 Å². The molecule has 2 heterocycles. The molecular weight excluding hydrogens is 430 g/mol. The number of aromatic nitrogens is 2. The van der Waals surface area contributed by atoms with E-state index in [0.717, 1.165) is 5.56 Å². The van der Waals surface area contributed by atoms with E-state index < -0.39 is 12.8 Å². The molecule has 0 saturated carbocycles. The Labute approximate surface area is 190 Å². The first-order valence-corrected chi connectivity index (χ1v) is 10.8. The molecule has 7 nitrogen and oxygen atoms in total. The fraction of sp³-hybridized carbons (Fsp3) is 0.333. The van der Waals surface area contributed by atoms with Crippen LogP contribution in [0.2, 0.25) is 0 Å². The first-order chi connectivity index (χ1) is 15.8. The zero-order valence-corrected chi connectivity index (χ0v) is 18.7. The lowest BCUT2D eigenvalue weighted by Gasteiger charge is -2.31. The SMILES string of the molecule is CCCn1c(=O)c2c(n(C)c1=O)N(C)C(c1cccc(OC(F)F)c1)N2Cc1ccccc1.